The van der Waals surface area contributed by atoms with Crippen molar-refractivity contribution >= 4 is 11.8 Å². The zero-order valence-electron chi connectivity index (χ0n) is 17.0. The molecule has 2 saturated carbocycles. The molecule has 2 aliphatic carbocycles. The van der Waals surface area contributed by atoms with E-state index in [0.29, 0.717) is 24.8 Å². The van der Waals surface area contributed by atoms with Crippen LogP contribution in [0.1, 0.15) is 80.7 Å². The summed E-state index contributed by atoms with van der Waals surface area (Å²) in [6, 6.07) is 0. The molecule has 5 rings (SSSR count). The highest BCUT2D eigenvalue weighted by Gasteiger charge is 2.45. The van der Waals surface area contributed by atoms with Crippen LogP contribution in [0.2, 0.25) is 0 Å². The van der Waals surface area contributed by atoms with E-state index in [4.69, 9.17) is 0 Å². The Hall–Kier alpha value is -1.96. The largest absolute Gasteiger partial charge is 0.389 e. The normalized spacial score (nSPS) is 24.7. The van der Waals surface area contributed by atoms with Crippen LogP contribution in [0.3, 0.4) is 0 Å². The molecule has 0 bridgehead atoms. The number of nitrogens with zero attached hydrogens (tertiary/aromatic N) is 4. The van der Waals surface area contributed by atoms with Crippen LogP contribution >= 0.6 is 0 Å². The van der Waals surface area contributed by atoms with E-state index in [-0.39, 0.29) is 23.7 Å². The standard InChI is InChI=1S/C21H31N5O3/c27-16(13-21(29)6-1-7-21)25-11-8-20(9-12-25)5-2-10-26-17(23-24-19(20)26)18(28)22-14-15-3-4-15/h15,29H,1-14H2,(H,22,28). The summed E-state index contributed by atoms with van der Waals surface area (Å²) >= 11 is 0. The Morgan fingerprint density at radius 1 is 1.03 bits per heavy atom. The molecule has 3 fully saturated rings. The Morgan fingerprint density at radius 3 is 2.45 bits per heavy atom. The second-order valence-electron chi connectivity index (χ2n) is 9.67. The van der Waals surface area contributed by atoms with Crippen molar-refractivity contribution in [3.63, 3.8) is 0 Å². The Kier molecular flexibility index (Phi) is 4.64. The summed E-state index contributed by atoms with van der Waals surface area (Å²) in [5, 5.41) is 22.0. The molecule has 2 aliphatic heterocycles. The minimum atomic E-state index is -0.764. The monoisotopic (exact) mass is 401 g/mol. The van der Waals surface area contributed by atoms with Crippen LogP contribution < -0.4 is 5.32 Å². The van der Waals surface area contributed by atoms with Crippen molar-refractivity contribution in [1.82, 2.24) is 25.0 Å². The number of carbonyl (C=O) groups excluding carboxylic acids is 2. The van der Waals surface area contributed by atoms with Crippen LogP contribution in [0.25, 0.3) is 0 Å². The first-order valence-corrected chi connectivity index (χ1v) is 11.2. The summed E-state index contributed by atoms with van der Waals surface area (Å²) in [6.45, 7) is 2.89. The maximum Gasteiger partial charge on any atom is 0.289 e. The van der Waals surface area contributed by atoms with Crippen molar-refractivity contribution in [1.29, 1.82) is 0 Å². The van der Waals surface area contributed by atoms with E-state index < -0.39 is 5.60 Å². The first-order valence-electron chi connectivity index (χ1n) is 11.2. The van der Waals surface area contributed by atoms with Gasteiger partial charge in [-0.1, -0.05) is 0 Å². The molecular formula is C21H31N5O3. The van der Waals surface area contributed by atoms with Crippen LogP contribution in [0.5, 0.6) is 0 Å². The van der Waals surface area contributed by atoms with E-state index in [1.54, 1.807) is 0 Å². The summed E-state index contributed by atoms with van der Waals surface area (Å²) in [6.07, 6.45) is 8.87. The molecule has 0 atom stereocenters. The third kappa shape index (κ3) is 3.56. The Balaban J connectivity index is 1.26. The van der Waals surface area contributed by atoms with E-state index in [0.717, 1.165) is 63.9 Å². The molecule has 0 unspecified atom stereocenters. The average molecular weight is 402 g/mol. The Morgan fingerprint density at radius 2 is 1.79 bits per heavy atom. The van der Waals surface area contributed by atoms with Crippen LogP contribution in [-0.4, -0.2) is 61.8 Å². The summed E-state index contributed by atoms with van der Waals surface area (Å²) in [4.78, 5) is 27.1. The van der Waals surface area contributed by atoms with Gasteiger partial charge in [-0.15, -0.1) is 10.2 Å². The number of nitrogens with one attached hydrogen (secondary N) is 1. The zero-order valence-corrected chi connectivity index (χ0v) is 17.0. The highest BCUT2D eigenvalue weighted by Crippen LogP contribution is 2.42. The fourth-order valence-electron chi connectivity index (χ4n) is 5.21. The minimum Gasteiger partial charge on any atom is -0.389 e. The number of hydrogen-bond acceptors (Lipinski definition) is 5. The highest BCUT2D eigenvalue weighted by molar-refractivity contribution is 5.90. The van der Waals surface area contributed by atoms with Gasteiger partial charge in [-0.3, -0.25) is 9.59 Å². The van der Waals surface area contributed by atoms with Gasteiger partial charge in [0.05, 0.1) is 12.0 Å². The van der Waals surface area contributed by atoms with Crippen LogP contribution in [0, 0.1) is 5.92 Å². The SMILES string of the molecule is O=C(NCC1CC1)c1nnc2n1CCCC21CCN(C(=O)CC2(O)CCC2)CC1. The molecule has 158 valence electrons. The van der Waals surface area contributed by atoms with Crippen molar-refractivity contribution in [2.75, 3.05) is 19.6 Å². The quantitative estimate of drug-likeness (QED) is 0.776. The predicted molar refractivity (Wildman–Crippen MR) is 105 cm³/mol. The average Bonchev–Trinajstić information content (AvgIpc) is 3.42. The smallest absolute Gasteiger partial charge is 0.289 e. The summed E-state index contributed by atoms with van der Waals surface area (Å²) in [5.74, 6) is 1.94. The maximum absolute atomic E-state index is 12.6. The van der Waals surface area contributed by atoms with Gasteiger partial charge in [0, 0.05) is 31.6 Å². The number of hydrogen-bond donors (Lipinski definition) is 2. The molecule has 1 aromatic heterocycles. The second kappa shape index (κ2) is 7.07. The summed E-state index contributed by atoms with van der Waals surface area (Å²) < 4.78 is 2.01. The van der Waals surface area contributed by atoms with Crippen molar-refractivity contribution in [3.8, 4) is 0 Å². The predicted octanol–water partition coefficient (Wildman–Crippen LogP) is 1.38. The van der Waals surface area contributed by atoms with E-state index in [1.807, 2.05) is 9.47 Å². The summed E-state index contributed by atoms with van der Waals surface area (Å²) in [7, 11) is 0. The van der Waals surface area contributed by atoms with Gasteiger partial charge in [0.1, 0.15) is 5.82 Å². The molecule has 4 aliphatic rings. The van der Waals surface area contributed by atoms with Crippen molar-refractivity contribution in [2.45, 2.75) is 81.8 Å². The minimum absolute atomic E-state index is 0.0690. The molecule has 1 saturated heterocycles. The topological polar surface area (TPSA) is 100 Å². The highest BCUT2D eigenvalue weighted by atomic mass is 16.3. The van der Waals surface area contributed by atoms with Gasteiger partial charge in [-0.25, -0.2) is 0 Å². The number of aliphatic hydroxyl groups is 1. The lowest BCUT2D eigenvalue weighted by Crippen LogP contribution is -2.50. The molecule has 8 nitrogen and oxygen atoms in total. The third-order valence-corrected chi connectivity index (χ3v) is 7.55. The van der Waals surface area contributed by atoms with Crippen LogP contribution in [0.15, 0.2) is 0 Å². The number of amides is 2. The molecule has 0 radical (unpaired) electrons. The molecule has 2 N–H and O–H groups in total. The molecular weight excluding hydrogens is 370 g/mol. The molecule has 1 aromatic rings. The van der Waals surface area contributed by atoms with Gasteiger partial charge in [-0.05, 0) is 63.7 Å². The lowest BCUT2D eigenvalue weighted by atomic mass is 9.72. The van der Waals surface area contributed by atoms with Gasteiger partial charge in [-0.2, -0.15) is 0 Å². The third-order valence-electron chi connectivity index (χ3n) is 7.55. The molecule has 2 amide bonds. The lowest BCUT2D eigenvalue weighted by Gasteiger charge is -2.44. The first kappa shape index (κ1) is 19.0. The van der Waals surface area contributed by atoms with E-state index in [2.05, 4.69) is 15.5 Å². The van der Waals surface area contributed by atoms with E-state index in [9.17, 15) is 14.7 Å². The second-order valence-corrected chi connectivity index (χ2v) is 9.67. The van der Waals surface area contributed by atoms with Gasteiger partial charge in [0.15, 0.2) is 0 Å². The molecule has 8 heteroatoms. The molecule has 1 spiro atoms. The van der Waals surface area contributed by atoms with E-state index in [1.165, 1.54) is 12.8 Å². The fraction of sp³-hybridized carbons (Fsp3) is 0.810. The number of piperidine rings is 1. The number of aromatic nitrogens is 3. The van der Waals surface area contributed by atoms with Crippen molar-refractivity contribution < 1.29 is 14.7 Å². The Bertz CT molecular complexity index is 803. The molecule has 29 heavy (non-hydrogen) atoms. The maximum atomic E-state index is 12.6. The number of fused-ring (bicyclic) bond motifs is 2. The van der Waals surface area contributed by atoms with Gasteiger partial charge in [0.25, 0.3) is 5.91 Å². The fourth-order valence-corrected chi connectivity index (χ4v) is 5.21. The summed E-state index contributed by atoms with van der Waals surface area (Å²) in [5.41, 5.74) is -0.857. The Labute approximate surface area is 171 Å². The van der Waals surface area contributed by atoms with Crippen LogP contribution in [0.4, 0.5) is 0 Å². The van der Waals surface area contributed by atoms with Gasteiger partial charge < -0.3 is 19.9 Å². The lowest BCUT2D eigenvalue weighted by molar-refractivity contribution is -0.142. The first-order chi connectivity index (χ1) is 14.0. The number of rotatable bonds is 5. The number of likely N-dealkylation sites (tertiary alicyclic amines) is 1. The van der Waals surface area contributed by atoms with E-state index >= 15 is 0 Å². The van der Waals surface area contributed by atoms with Crippen molar-refractivity contribution in [2.24, 2.45) is 5.92 Å². The number of carbonyl (C=O) groups is 2. The van der Waals surface area contributed by atoms with Gasteiger partial charge in [0.2, 0.25) is 11.7 Å². The van der Waals surface area contributed by atoms with Gasteiger partial charge >= 0.3 is 0 Å². The van der Waals surface area contributed by atoms with Crippen molar-refractivity contribution in [3.05, 3.63) is 11.6 Å². The molecule has 3 heterocycles. The molecule has 0 aromatic carbocycles. The zero-order chi connectivity index (χ0) is 20.1. The van der Waals surface area contributed by atoms with Crippen LogP contribution in [-0.2, 0) is 16.8 Å².